The third-order valence-corrected chi connectivity index (χ3v) is 18.7. The number of hydrogen-bond donors (Lipinski definition) is 0. The van der Waals surface area contributed by atoms with Crippen molar-refractivity contribution in [1.29, 1.82) is 0 Å². The van der Waals surface area contributed by atoms with Crippen LogP contribution in [0.5, 0.6) is 0 Å². The molecule has 1 saturated heterocycles. The lowest BCUT2D eigenvalue weighted by atomic mass is 10.0. The Morgan fingerprint density at radius 3 is 1.35 bits per heavy atom. The van der Waals surface area contributed by atoms with E-state index in [2.05, 4.69) is 175 Å². The van der Waals surface area contributed by atoms with Crippen LogP contribution < -0.4 is 0 Å². The quantitative estimate of drug-likeness (QED) is 0.204. The molecule has 0 radical (unpaired) electrons. The predicted octanol–water partition coefficient (Wildman–Crippen LogP) is 8.56. The Hall–Kier alpha value is 5.24. The Kier molecular flexibility index (Phi) is 8.96. The van der Waals surface area contributed by atoms with Crippen molar-refractivity contribution in [3.63, 3.8) is 0 Å². The highest BCUT2D eigenvalue weighted by Crippen LogP contribution is 2.73. The fourth-order valence-electron chi connectivity index (χ4n) is 1.37. The maximum atomic E-state index is 5.34. The molecule has 1 aliphatic heterocycles. The Morgan fingerprint density at radius 1 is 0.750 bits per heavy atom. The number of alkyl halides is 11. The van der Waals surface area contributed by atoms with E-state index in [9.17, 15) is 0 Å². The zero-order valence-electron chi connectivity index (χ0n) is 9.06. The van der Waals surface area contributed by atoms with Crippen LogP contribution in [0, 0.1) is 0 Å². The van der Waals surface area contributed by atoms with Crippen molar-refractivity contribution in [2.75, 3.05) is 6.61 Å². The lowest BCUT2D eigenvalue weighted by Crippen LogP contribution is -2.64. The van der Waals surface area contributed by atoms with Gasteiger partial charge in [-0.25, -0.2) is 0 Å². The van der Waals surface area contributed by atoms with Crippen molar-refractivity contribution in [2.24, 2.45) is 0 Å². The Balaban J connectivity index is 3.31. The van der Waals surface area contributed by atoms with Gasteiger partial charge >= 0.3 is 0 Å². The van der Waals surface area contributed by atoms with E-state index in [1.807, 2.05) is 0 Å². The van der Waals surface area contributed by atoms with Gasteiger partial charge in [0.25, 0.3) is 0 Å². The Bertz CT molecular complexity index is 350. The summed E-state index contributed by atoms with van der Waals surface area (Å²) in [6.07, 6.45) is 0.981. The molecule has 1 unspecified atom stereocenters. The molecule has 0 N–H and O–H groups in total. The highest BCUT2D eigenvalue weighted by atomic mass is 80.0. The molecule has 0 saturated carbocycles. The van der Waals surface area contributed by atoms with Gasteiger partial charge in [0.2, 0.25) is 0 Å². The second kappa shape index (κ2) is 7.70. The van der Waals surface area contributed by atoms with E-state index in [1.165, 1.54) is 0 Å². The normalized spacial score (nSPS) is 22.1. The third-order valence-electron chi connectivity index (χ3n) is 2.56. The van der Waals surface area contributed by atoms with E-state index in [-0.39, 0.29) is 6.10 Å². The monoisotopic (exact) mass is 985 g/mol. The van der Waals surface area contributed by atoms with Gasteiger partial charge in [0.1, 0.15) is 10.8 Å². The van der Waals surface area contributed by atoms with E-state index in [1.54, 1.807) is 0 Å². The van der Waals surface area contributed by atoms with Gasteiger partial charge < -0.3 is 4.74 Å². The molecule has 12 heteroatoms. The van der Waals surface area contributed by atoms with E-state index < -0.39 is 15.1 Å². The number of halogens is 11. The minimum atomic E-state index is -0.734. The van der Waals surface area contributed by atoms with Crippen LogP contribution in [0.4, 0.5) is 0 Å². The SMILES string of the molecule is BrC(Br)(Br)C(Br)(C(Br)(Br)Br)C(Br)(Br)C(Br)(Br)CC1CO1. The molecule has 1 rings (SSSR count). The smallest absolute Gasteiger partial charge is 0.155 e. The van der Waals surface area contributed by atoms with Gasteiger partial charge in [0, 0.05) is 6.42 Å². The maximum Gasteiger partial charge on any atom is 0.155 e. The summed E-state index contributed by atoms with van der Waals surface area (Å²) in [5, 5.41) is 0. The van der Waals surface area contributed by atoms with Gasteiger partial charge in [0.05, 0.1) is 12.7 Å². The molecule has 1 heterocycles. The van der Waals surface area contributed by atoms with Crippen molar-refractivity contribution in [1.82, 2.24) is 0 Å². The fourth-order valence-corrected chi connectivity index (χ4v) is 14.2. The predicted molar refractivity (Wildman–Crippen MR) is 126 cm³/mol. The van der Waals surface area contributed by atoms with Crippen molar-refractivity contribution in [3.8, 4) is 0 Å². The van der Waals surface area contributed by atoms with Gasteiger partial charge in [-0.15, -0.1) is 0 Å². The number of ether oxygens (including phenoxy) is 1. The van der Waals surface area contributed by atoms with Gasteiger partial charge in [-0.1, -0.05) is 175 Å². The number of rotatable bonds is 4. The summed E-state index contributed by atoms with van der Waals surface area (Å²) in [4.78, 5) is 0. The first-order valence-corrected chi connectivity index (χ1v) is 13.5. The molecule has 0 bridgehead atoms. The van der Waals surface area contributed by atoms with Crippen molar-refractivity contribution in [3.05, 3.63) is 0 Å². The summed E-state index contributed by atoms with van der Waals surface area (Å²) in [6, 6.07) is 0. The minimum absolute atomic E-state index is 0.228. The Morgan fingerprint density at radius 2 is 1.10 bits per heavy atom. The summed E-state index contributed by atoms with van der Waals surface area (Å²) < 4.78 is 2.00. The molecule has 0 aromatic rings. The van der Waals surface area contributed by atoms with Crippen LogP contribution in [0.3, 0.4) is 0 Å². The van der Waals surface area contributed by atoms with E-state index >= 15 is 0 Å². The second-order valence-electron chi connectivity index (χ2n) is 4.09. The van der Waals surface area contributed by atoms with Gasteiger partial charge in [-0.3, -0.25) is 0 Å². The molecular weight excluding hydrogens is 991 g/mol. The first-order chi connectivity index (χ1) is 8.58. The zero-order chi connectivity index (χ0) is 16.2. The van der Waals surface area contributed by atoms with Crippen LogP contribution in [0.25, 0.3) is 0 Å². The largest absolute Gasteiger partial charge is 0.373 e. The highest BCUT2D eigenvalue weighted by Gasteiger charge is 2.72. The van der Waals surface area contributed by atoms with Crippen molar-refractivity contribution < 1.29 is 4.74 Å². The topological polar surface area (TPSA) is 12.5 Å². The zero-order valence-corrected chi connectivity index (χ0v) is 26.5. The van der Waals surface area contributed by atoms with Crippen LogP contribution in [0.1, 0.15) is 6.42 Å². The number of epoxide rings is 1. The fraction of sp³-hybridized carbons (Fsp3) is 1.00. The van der Waals surface area contributed by atoms with Crippen LogP contribution in [-0.2, 0) is 4.74 Å². The molecule has 0 aromatic heterocycles. The molecular formula is C8H5Br11O. The Labute approximate surface area is 210 Å². The van der Waals surface area contributed by atoms with Crippen LogP contribution in [0.15, 0.2) is 0 Å². The molecule has 1 aliphatic rings. The number of hydrogen-bond acceptors (Lipinski definition) is 1. The van der Waals surface area contributed by atoms with Crippen molar-refractivity contribution >= 4 is 175 Å². The van der Waals surface area contributed by atoms with Crippen LogP contribution in [-0.4, -0.2) is 27.8 Å². The van der Waals surface area contributed by atoms with E-state index in [0.29, 0.717) is 0 Å². The average molecular weight is 996 g/mol. The average Bonchev–Trinajstić information content (AvgIpc) is 2.95. The third kappa shape index (κ3) is 4.74. The molecule has 0 aliphatic carbocycles. The summed E-state index contributed by atoms with van der Waals surface area (Å²) in [5.41, 5.74) is 0. The molecule has 0 aromatic carbocycles. The van der Waals surface area contributed by atoms with Crippen molar-refractivity contribution in [2.45, 2.75) is 27.6 Å². The van der Waals surface area contributed by atoms with Crippen LogP contribution in [0.2, 0.25) is 0 Å². The lowest BCUT2D eigenvalue weighted by Gasteiger charge is -2.53. The minimum Gasteiger partial charge on any atom is -0.373 e. The maximum absolute atomic E-state index is 5.34. The van der Waals surface area contributed by atoms with Gasteiger partial charge in [-0.2, -0.15) is 0 Å². The van der Waals surface area contributed by atoms with E-state index in [4.69, 9.17) is 4.74 Å². The van der Waals surface area contributed by atoms with Crippen LogP contribution >= 0.6 is 175 Å². The summed E-state index contributed by atoms with van der Waals surface area (Å²) in [6.45, 7) is 0.772. The molecule has 0 spiro atoms. The second-order valence-corrected chi connectivity index (χ2v) is 26.0. The van der Waals surface area contributed by atoms with Gasteiger partial charge in [-0.05, 0) is 0 Å². The summed E-state index contributed by atoms with van der Waals surface area (Å²) >= 11 is 40.6. The first kappa shape index (κ1) is 23.3. The molecule has 120 valence electrons. The molecule has 1 fully saturated rings. The first-order valence-electron chi connectivity index (χ1n) is 4.77. The summed E-state index contributed by atoms with van der Waals surface area (Å²) in [5.74, 6) is 0. The van der Waals surface area contributed by atoms with Gasteiger partial charge in [0.15, 0.2) is 4.29 Å². The molecule has 1 nitrogen and oxygen atoms in total. The molecule has 1 atom stereocenters. The molecule has 0 amide bonds. The summed E-state index contributed by atoms with van der Waals surface area (Å²) in [7, 11) is 0. The standard InChI is InChI=1S/C8H5Br11O/c9-4(10,1-3-2-20-3)6(12,13)5(11,7(14,15)16)8(17,18)19/h3H,1-2H2. The molecule has 20 heavy (non-hydrogen) atoms. The lowest BCUT2D eigenvalue weighted by molar-refractivity contribution is 0.384. The highest BCUT2D eigenvalue weighted by molar-refractivity contribution is 9.42. The van der Waals surface area contributed by atoms with E-state index in [0.717, 1.165) is 13.0 Å².